The lowest BCUT2D eigenvalue weighted by Crippen LogP contribution is -2.24. The first kappa shape index (κ1) is 13.2. The first-order valence-corrected chi connectivity index (χ1v) is 5.85. The molecule has 0 saturated carbocycles. The molecule has 2 rings (SSSR count). The molecule has 19 heavy (non-hydrogen) atoms. The maximum Gasteiger partial charge on any atom is 0.254 e. The van der Waals surface area contributed by atoms with E-state index in [9.17, 15) is 13.6 Å². The number of hydrogen-bond acceptors (Lipinski definition) is 1. The van der Waals surface area contributed by atoms with E-state index in [1.165, 1.54) is 18.2 Å². The van der Waals surface area contributed by atoms with E-state index in [0.29, 0.717) is 5.56 Å². The number of carbonyl (C=O) groups is 1. The van der Waals surface area contributed by atoms with Crippen LogP contribution in [-0.4, -0.2) is 5.91 Å². The van der Waals surface area contributed by atoms with Crippen LogP contribution in [0.4, 0.5) is 8.78 Å². The minimum Gasteiger partial charge on any atom is -0.348 e. The van der Waals surface area contributed by atoms with Gasteiger partial charge in [0.05, 0.1) is 5.56 Å². The van der Waals surface area contributed by atoms with E-state index < -0.39 is 11.7 Å². The second-order valence-corrected chi connectivity index (χ2v) is 4.25. The molecule has 0 bridgehead atoms. The molecular weight excluding hydrogens is 248 g/mol. The van der Waals surface area contributed by atoms with Crippen molar-refractivity contribution in [1.29, 1.82) is 0 Å². The minimum atomic E-state index is -0.515. The number of benzene rings is 2. The van der Waals surface area contributed by atoms with Gasteiger partial charge >= 0.3 is 0 Å². The predicted octanol–water partition coefficient (Wildman–Crippen LogP) is 3.20. The zero-order valence-corrected chi connectivity index (χ0v) is 10.4. The van der Waals surface area contributed by atoms with Crippen molar-refractivity contribution in [1.82, 2.24) is 5.32 Å². The Hall–Kier alpha value is -2.23. The molecule has 1 amide bonds. The summed E-state index contributed by atoms with van der Waals surface area (Å²) < 4.78 is 26.4. The van der Waals surface area contributed by atoms with Crippen LogP contribution in [0.5, 0.6) is 0 Å². The molecule has 0 radical (unpaired) electrons. The summed E-state index contributed by atoms with van der Waals surface area (Å²) in [6, 6.07) is 10.4. The van der Waals surface area contributed by atoms with Crippen LogP contribution in [0.1, 0.15) is 21.5 Å². The monoisotopic (exact) mass is 261 g/mol. The van der Waals surface area contributed by atoms with Crippen LogP contribution in [-0.2, 0) is 6.54 Å². The lowest BCUT2D eigenvalue weighted by molar-refractivity contribution is 0.0946. The summed E-state index contributed by atoms with van der Waals surface area (Å²) in [5, 5.41) is 2.60. The van der Waals surface area contributed by atoms with Crippen LogP contribution < -0.4 is 5.32 Å². The van der Waals surface area contributed by atoms with Crippen LogP contribution >= 0.6 is 0 Å². The molecular formula is C15H13F2NO. The Balaban J connectivity index is 2.05. The van der Waals surface area contributed by atoms with Crippen LogP contribution in [0.25, 0.3) is 0 Å². The average Bonchev–Trinajstić information content (AvgIpc) is 2.41. The smallest absolute Gasteiger partial charge is 0.254 e. The molecule has 0 aliphatic carbocycles. The second kappa shape index (κ2) is 5.61. The van der Waals surface area contributed by atoms with Gasteiger partial charge in [0, 0.05) is 6.54 Å². The highest BCUT2D eigenvalue weighted by Gasteiger charge is 2.12. The zero-order valence-electron chi connectivity index (χ0n) is 10.4. The standard InChI is InChI=1S/C15H13F2NO/c1-10-3-2-4-13(14(10)17)15(19)18-9-11-5-7-12(16)8-6-11/h2-8H,9H2,1H3,(H,18,19). The zero-order chi connectivity index (χ0) is 13.8. The fourth-order valence-electron chi connectivity index (χ4n) is 1.70. The predicted molar refractivity (Wildman–Crippen MR) is 68.7 cm³/mol. The summed E-state index contributed by atoms with van der Waals surface area (Å²) in [4.78, 5) is 11.8. The lowest BCUT2D eigenvalue weighted by Gasteiger charge is -2.07. The van der Waals surface area contributed by atoms with Gasteiger partial charge in [0.2, 0.25) is 0 Å². The van der Waals surface area contributed by atoms with E-state index in [0.717, 1.165) is 5.56 Å². The molecule has 0 atom stereocenters. The molecule has 0 aromatic heterocycles. The first-order valence-electron chi connectivity index (χ1n) is 5.85. The normalized spacial score (nSPS) is 10.3. The molecule has 0 heterocycles. The summed E-state index contributed by atoms with van der Waals surface area (Å²) in [6.45, 7) is 1.83. The third-order valence-corrected chi connectivity index (χ3v) is 2.80. The Morgan fingerprint density at radius 1 is 1.11 bits per heavy atom. The number of aryl methyl sites for hydroxylation is 1. The highest BCUT2D eigenvalue weighted by molar-refractivity contribution is 5.94. The van der Waals surface area contributed by atoms with E-state index in [1.807, 2.05) is 0 Å². The third kappa shape index (κ3) is 3.16. The van der Waals surface area contributed by atoms with E-state index in [1.54, 1.807) is 31.2 Å². The number of nitrogens with one attached hydrogen (secondary N) is 1. The maximum absolute atomic E-state index is 13.7. The molecule has 98 valence electrons. The fraction of sp³-hybridized carbons (Fsp3) is 0.133. The van der Waals surface area contributed by atoms with Gasteiger partial charge in [-0.1, -0.05) is 24.3 Å². The number of halogens is 2. The summed E-state index contributed by atoms with van der Waals surface area (Å²) in [5.74, 6) is -1.33. The Bertz CT molecular complexity index is 594. The van der Waals surface area contributed by atoms with Crippen molar-refractivity contribution in [3.63, 3.8) is 0 Å². The van der Waals surface area contributed by atoms with Crippen LogP contribution in [0.3, 0.4) is 0 Å². The number of rotatable bonds is 3. The van der Waals surface area contributed by atoms with Gasteiger partial charge in [0.1, 0.15) is 11.6 Å². The molecule has 2 aromatic carbocycles. The molecule has 2 nitrogen and oxygen atoms in total. The SMILES string of the molecule is Cc1cccc(C(=O)NCc2ccc(F)cc2)c1F. The molecule has 2 aromatic rings. The van der Waals surface area contributed by atoms with Crippen molar-refractivity contribution in [2.45, 2.75) is 13.5 Å². The Morgan fingerprint density at radius 3 is 2.47 bits per heavy atom. The minimum absolute atomic E-state index is 0.0158. The molecule has 4 heteroatoms. The molecule has 1 N–H and O–H groups in total. The van der Waals surface area contributed by atoms with Crippen molar-refractivity contribution >= 4 is 5.91 Å². The van der Waals surface area contributed by atoms with Gasteiger partial charge in [-0.05, 0) is 36.2 Å². The number of carbonyl (C=O) groups excluding carboxylic acids is 1. The maximum atomic E-state index is 13.7. The molecule has 0 spiro atoms. The van der Waals surface area contributed by atoms with Crippen LogP contribution in [0.15, 0.2) is 42.5 Å². The molecule has 0 fully saturated rings. The highest BCUT2D eigenvalue weighted by atomic mass is 19.1. The first-order chi connectivity index (χ1) is 9.08. The summed E-state index contributed by atoms with van der Waals surface area (Å²) >= 11 is 0. The van der Waals surface area contributed by atoms with Crippen molar-refractivity contribution in [2.75, 3.05) is 0 Å². The van der Waals surface area contributed by atoms with Gasteiger partial charge in [0.25, 0.3) is 5.91 Å². The van der Waals surface area contributed by atoms with E-state index >= 15 is 0 Å². The van der Waals surface area contributed by atoms with Crippen molar-refractivity contribution in [3.8, 4) is 0 Å². The lowest BCUT2D eigenvalue weighted by atomic mass is 10.1. The Kier molecular flexibility index (Phi) is 3.90. The molecule has 0 unspecified atom stereocenters. The molecule has 0 saturated heterocycles. The number of hydrogen-bond donors (Lipinski definition) is 1. The third-order valence-electron chi connectivity index (χ3n) is 2.80. The van der Waals surface area contributed by atoms with Gasteiger partial charge in [0.15, 0.2) is 0 Å². The summed E-state index contributed by atoms with van der Waals surface area (Å²) in [6.07, 6.45) is 0. The topological polar surface area (TPSA) is 29.1 Å². The molecule has 0 aliphatic rings. The van der Waals surface area contributed by atoms with Crippen molar-refractivity contribution < 1.29 is 13.6 Å². The largest absolute Gasteiger partial charge is 0.348 e. The van der Waals surface area contributed by atoms with Crippen LogP contribution in [0.2, 0.25) is 0 Å². The van der Waals surface area contributed by atoms with Crippen molar-refractivity contribution in [2.24, 2.45) is 0 Å². The van der Waals surface area contributed by atoms with E-state index in [2.05, 4.69) is 5.32 Å². The van der Waals surface area contributed by atoms with Gasteiger partial charge in [-0.2, -0.15) is 0 Å². The van der Waals surface area contributed by atoms with Gasteiger partial charge in [-0.25, -0.2) is 8.78 Å². The van der Waals surface area contributed by atoms with Gasteiger partial charge in [-0.3, -0.25) is 4.79 Å². The average molecular weight is 261 g/mol. The second-order valence-electron chi connectivity index (χ2n) is 4.25. The van der Waals surface area contributed by atoms with E-state index in [-0.39, 0.29) is 17.9 Å². The van der Waals surface area contributed by atoms with Crippen molar-refractivity contribution in [3.05, 3.63) is 70.8 Å². The fourth-order valence-corrected chi connectivity index (χ4v) is 1.70. The van der Waals surface area contributed by atoms with E-state index in [4.69, 9.17) is 0 Å². The van der Waals surface area contributed by atoms with Gasteiger partial charge in [-0.15, -0.1) is 0 Å². The number of amides is 1. The highest BCUT2D eigenvalue weighted by Crippen LogP contribution is 2.12. The Labute approximate surface area is 110 Å². The van der Waals surface area contributed by atoms with Gasteiger partial charge < -0.3 is 5.32 Å². The molecule has 0 aliphatic heterocycles. The van der Waals surface area contributed by atoms with Crippen LogP contribution in [0, 0.1) is 18.6 Å². The Morgan fingerprint density at radius 2 is 1.79 bits per heavy atom. The summed E-state index contributed by atoms with van der Waals surface area (Å²) in [5.41, 5.74) is 1.19. The quantitative estimate of drug-likeness (QED) is 0.903. The summed E-state index contributed by atoms with van der Waals surface area (Å²) in [7, 11) is 0.